The van der Waals surface area contributed by atoms with Crippen LogP contribution >= 0.6 is 0 Å². The lowest BCUT2D eigenvalue weighted by molar-refractivity contribution is -0.00533. The van der Waals surface area contributed by atoms with E-state index in [2.05, 4.69) is 10.3 Å². The van der Waals surface area contributed by atoms with Gasteiger partial charge in [-0.3, -0.25) is 4.98 Å². The molecule has 1 heterocycles. The lowest BCUT2D eigenvalue weighted by Gasteiger charge is -2.38. The van der Waals surface area contributed by atoms with Crippen molar-refractivity contribution in [1.82, 2.24) is 10.3 Å². The van der Waals surface area contributed by atoms with Crippen LogP contribution in [0.15, 0.2) is 18.5 Å². The van der Waals surface area contributed by atoms with E-state index < -0.39 is 11.1 Å². The number of pyridine rings is 1. The average Bonchev–Trinajstić information content (AvgIpc) is 2.13. The summed E-state index contributed by atoms with van der Waals surface area (Å²) in [5, 5.41) is 13.1. The Balaban J connectivity index is 2.65. The Morgan fingerprint density at radius 2 is 1.94 bits per heavy atom. The summed E-state index contributed by atoms with van der Waals surface area (Å²) in [6.07, 6.45) is 2.78. The number of aliphatic hydroxyl groups is 1. The zero-order valence-corrected chi connectivity index (χ0v) is 10.2. The smallest absolute Gasteiger partial charge is 0.141 e. The molecule has 2 N–H and O–H groups in total. The Hall–Kier alpha value is -1.00. The van der Waals surface area contributed by atoms with E-state index in [-0.39, 0.29) is 5.82 Å². The molecule has 0 fully saturated rings. The largest absolute Gasteiger partial charge is 0.389 e. The van der Waals surface area contributed by atoms with E-state index in [0.717, 1.165) is 5.56 Å². The van der Waals surface area contributed by atoms with Crippen LogP contribution in [0, 0.1) is 5.82 Å². The highest BCUT2D eigenvalue weighted by atomic mass is 19.1. The normalized spacial score (nSPS) is 12.9. The first-order valence-electron chi connectivity index (χ1n) is 5.29. The van der Waals surface area contributed by atoms with Gasteiger partial charge < -0.3 is 10.4 Å². The van der Waals surface area contributed by atoms with Crippen molar-refractivity contribution in [2.45, 2.75) is 45.4 Å². The molecule has 4 heteroatoms. The molecular formula is C12H19FN2O. The first-order chi connectivity index (χ1) is 7.22. The molecule has 16 heavy (non-hydrogen) atoms. The number of hydrogen-bond acceptors (Lipinski definition) is 3. The molecule has 0 aliphatic rings. The summed E-state index contributed by atoms with van der Waals surface area (Å²) in [5.74, 6) is -0.347. The summed E-state index contributed by atoms with van der Waals surface area (Å²) < 4.78 is 12.9. The minimum Gasteiger partial charge on any atom is -0.389 e. The van der Waals surface area contributed by atoms with Crippen LogP contribution in [-0.4, -0.2) is 21.2 Å². The SMILES string of the molecule is CC(C)(O)C(C)(C)NCc1cncc(F)c1. The van der Waals surface area contributed by atoms with Crippen LogP contribution < -0.4 is 5.32 Å². The quantitative estimate of drug-likeness (QED) is 0.823. The Morgan fingerprint density at radius 3 is 2.44 bits per heavy atom. The van der Waals surface area contributed by atoms with Crippen molar-refractivity contribution in [3.8, 4) is 0 Å². The number of nitrogens with one attached hydrogen (secondary N) is 1. The van der Waals surface area contributed by atoms with E-state index in [1.807, 2.05) is 13.8 Å². The van der Waals surface area contributed by atoms with Crippen LogP contribution in [0.5, 0.6) is 0 Å². The van der Waals surface area contributed by atoms with E-state index in [0.29, 0.717) is 6.54 Å². The highest BCUT2D eigenvalue weighted by Crippen LogP contribution is 2.20. The standard InChI is InChI=1S/C12H19FN2O/c1-11(2,12(3,4)16)15-7-9-5-10(13)8-14-6-9/h5-6,8,15-16H,7H2,1-4H3. The molecule has 0 atom stereocenters. The molecule has 0 aliphatic heterocycles. The molecule has 0 saturated carbocycles. The lowest BCUT2D eigenvalue weighted by Crippen LogP contribution is -2.55. The van der Waals surface area contributed by atoms with Gasteiger partial charge in [0, 0.05) is 18.3 Å². The van der Waals surface area contributed by atoms with Crippen LogP contribution in [0.3, 0.4) is 0 Å². The van der Waals surface area contributed by atoms with Crippen molar-refractivity contribution in [3.63, 3.8) is 0 Å². The molecule has 0 aromatic carbocycles. The van der Waals surface area contributed by atoms with E-state index in [4.69, 9.17) is 0 Å². The number of hydrogen-bond donors (Lipinski definition) is 2. The molecule has 1 rings (SSSR count). The van der Waals surface area contributed by atoms with Gasteiger partial charge in [-0.05, 0) is 39.3 Å². The molecule has 0 spiro atoms. The minimum absolute atomic E-state index is 0.347. The highest BCUT2D eigenvalue weighted by Gasteiger charge is 2.34. The molecule has 0 radical (unpaired) electrons. The second kappa shape index (κ2) is 4.47. The van der Waals surface area contributed by atoms with Gasteiger partial charge in [-0.25, -0.2) is 4.39 Å². The molecule has 0 bridgehead atoms. The molecule has 3 nitrogen and oxygen atoms in total. The summed E-state index contributed by atoms with van der Waals surface area (Å²) >= 11 is 0. The maximum absolute atomic E-state index is 12.9. The fraction of sp³-hybridized carbons (Fsp3) is 0.583. The van der Waals surface area contributed by atoms with Gasteiger partial charge >= 0.3 is 0 Å². The molecule has 0 saturated heterocycles. The summed E-state index contributed by atoms with van der Waals surface area (Å²) in [4.78, 5) is 3.77. The van der Waals surface area contributed by atoms with Crippen molar-refractivity contribution < 1.29 is 9.50 Å². The predicted octanol–water partition coefficient (Wildman–Crippen LogP) is 1.86. The summed E-state index contributed by atoms with van der Waals surface area (Å²) in [6, 6.07) is 1.43. The van der Waals surface area contributed by atoms with Gasteiger partial charge in [0.15, 0.2) is 0 Å². The van der Waals surface area contributed by atoms with Gasteiger partial charge in [0.1, 0.15) is 5.82 Å². The van der Waals surface area contributed by atoms with E-state index >= 15 is 0 Å². The van der Waals surface area contributed by atoms with Crippen molar-refractivity contribution in [2.75, 3.05) is 0 Å². The second-order valence-corrected chi connectivity index (χ2v) is 5.05. The fourth-order valence-corrected chi connectivity index (χ4v) is 1.09. The Labute approximate surface area is 95.7 Å². The molecule has 90 valence electrons. The average molecular weight is 226 g/mol. The third kappa shape index (κ3) is 3.25. The summed E-state index contributed by atoms with van der Waals surface area (Å²) in [5.41, 5.74) is -0.551. The zero-order valence-electron chi connectivity index (χ0n) is 10.2. The van der Waals surface area contributed by atoms with Gasteiger partial charge in [-0.15, -0.1) is 0 Å². The monoisotopic (exact) mass is 226 g/mol. The van der Waals surface area contributed by atoms with Crippen molar-refractivity contribution in [3.05, 3.63) is 29.8 Å². The number of aromatic nitrogens is 1. The van der Waals surface area contributed by atoms with Gasteiger partial charge in [-0.1, -0.05) is 0 Å². The second-order valence-electron chi connectivity index (χ2n) is 5.05. The zero-order chi connectivity index (χ0) is 12.4. The van der Waals surface area contributed by atoms with Gasteiger partial charge in [0.05, 0.1) is 11.8 Å². The van der Waals surface area contributed by atoms with E-state index in [9.17, 15) is 9.50 Å². The van der Waals surface area contributed by atoms with Crippen LogP contribution in [-0.2, 0) is 6.54 Å². The Morgan fingerprint density at radius 1 is 1.31 bits per heavy atom. The number of nitrogens with zero attached hydrogens (tertiary/aromatic N) is 1. The number of rotatable bonds is 4. The van der Waals surface area contributed by atoms with Crippen molar-refractivity contribution in [2.24, 2.45) is 0 Å². The first kappa shape index (κ1) is 13.1. The number of halogens is 1. The third-order valence-electron chi connectivity index (χ3n) is 3.03. The first-order valence-corrected chi connectivity index (χ1v) is 5.29. The Kier molecular flexibility index (Phi) is 3.65. The topological polar surface area (TPSA) is 45.1 Å². The highest BCUT2D eigenvalue weighted by molar-refractivity contribution is 5.10. The predicted molar refractivity (Wildman–Crippen MR) is 61.4 cm³/mol. The molecule has 0 unspecified atom stereocenters. The summed E-state index contributed by atoms with van der Waals surface area (Å²) in [6.45, 7) is 7.76. The van der Waals surface area contributed by atoms with Crippen molar-refractivity contribution >= 4 is 0 Å². The minimum atomic E-state index is -0.853. The van der Waals surface area contributed by atoms with Crippen LogP contribution in [0.4, 0.5) is 4.39 Å². The third-order valence-corrected chi connectivity index (χ3v) is 3.03. The summed E-state index contributed by atoms with van der Waals surface area (Å²) in [7, 11) is 0. The molecular weight excluding hydrogens is 207 g/mol. The molecule has 1 aromatic heterocycles. The fourth-order valence-electron chi connectivity index (χ4n) is 1.09. The van der Waals surface area contributed by atoms with E-state index in [1.54, 1.807) is 20.0 Å². The van der Waals surface area contributed by atoms with Crippen LogP contribution in [0.25, 0.3) is 0 Å². The Bertz CT molecular complexity index is 358. The maximum atomic E-state index is 12.9. The van der Waals surface area contributed by atoms with Gasteiger partial charge in [0.25, 0.3) is 0 Å². The molecule has 1 aromatic rings. The van der Waals surface area contributed by atoms with Crippen LogP contribution in [0.2, 0.25) is 0 Å². The molecule has 0 amide bonds. The lowest BCUT2D eigenvalue weighted by atomic mass is 9.86. The van der Waals surface area contributed by atoms with Crippen LogP contribution in [0.1, 0.15) is 33.3 Å². The molecule has 0 aliphatic carbocycles. The van der Waals surface area contributed by atoms with Crippen molar-refractivity contribution in [1.29, 1.82) is 0 Å². The maximum Gasteiger partial charge on any atom is 0.141 e. The van der Waals surface area contributed by atoms with Gasteiger partial charge in [0.2, 0.25) is 0 Å². The van der Waals surface area contributed by atoms with E-state index in [1.165, 1.54) is 12.3 Å². The van der Waals surface area contributed by atoms with Gasteiger partial charge in [-0.2, -0.15) is 0 Å².